The number of halogens is 1. The summed E-state index contributed by atoms with van der Waals surface area (Å²) in [5, 5.41) is 7.53. The highest BCUT2D eigenvalue weighted by molar-refractivity contribution is 5.95. The van der Waals surface area contributed by atoms with Crippen molar-refractivity contribution >= 4 is 18.3 Å². The van der Waals surface area contributed by atoms with Gasteiger partial charge in [0.05, 0.1) is 28.7 Å². The molecule has 1 atom stereocenters. The van der Waals surface area contributed by atoms with Crippen molar-refractivity contribution in [1.29, 1.82) is 0 Å². The first-order valence-electron chi connectivity index (χ1n) is 8.09. The molecule has 0 radical (unpaired) electrons. The zero-order chi connectivity index (χ0) is 16.6. The lowest BCUT2D eigenvalue weighted by atomic mass is 9.95. The van der Waals surface area contributed by atoms with Gasteiger partial charge in [-0.05, 0) is 51.2 Å². The molecule has 1 aliphatic rings. The molecular weight excluding hydrogens is 324 g/mol. The number of nitrogens with two attached hydrogens (primary N) is 1. The van der Waals surface area contributed by atoms with E-state index in [2.05, 4.69) is 10.4 Å². The molecule has 24 heavy (non-hydrogen) atoms. The van der Waals surface area contributed by atoms with Crippen LogP contribution in [-0.4, -0.2) is 27.8 Å². The lowest BCUT2D eigenvalue weighted by Gasteiger charge is -2.29. The quantitative estimate of drug-likeness (QED) is 0.872. The van der Waals surface area contributed by atoms with Crippen molar-refractivity contribution in [1.82, 2.24) is 15.1 Å². The summed E-state index contributed by atoms with van der Waals surface area (Å²) in [6.45, 7) is 6.44. The lowest BCUT2D eigenvalue weighted by Crippen LogP contribution is -2.53. The Hall–Kier alpha value is -1.85. The monoisotopic (exact) mass is 348 g/mol. The number of para-hydroxylation sites is 1. The molecule has 1 unspecified atom stereocenters. The number of aryl methyl sites for hydroxylation is 1. The van der Waals surface area contributed by atoms with Gasteiger partial charge < -0.3 is 11.1 Å². The molecule has 1 amide bonds. The summed E-state index contributed by atoms with van der Waals surface area (Å²) in [6.07, 6.45) is 3.91. The Morgan fingerprint density at radius 3 is 2.62 bits per heavy atom. The van der Waals surface area contributed by atoms with Crippen molar-refractivity contribution in [2.24, 2.45) is 11.7 Å². The average Bonchev–Trinajstić information content (AvgIpc) is 3.32. The van der Waals surface area contributed by atoms with E-state index in [0.29, 0.717) is 18.0 Å². The van der Waals surface area contributed by atoms with Crippen molar-refractivity contribution in [3.63, 3.8) is 0 Å². The Labute approximate surface area is 149 Å². The first-order chi connectivity index (χ1) is 11.0. The van der Waals surface area contributed by atoms with Gasteiger partial charge in [-0.2, -0.15) is 5.10 Å². The molecule has 0 aliphatic heterocycles. The molecule has 5 nitrogen and oxygen atoms in total. The molecule has 1 heterocycles. The molecule has 1 saturated carbocycles. The van der Waals surface area contributed by atoms with E-state index in [-0.39, 0.29) is 23.9 Å². The Morgan fingerprint density at radius 2 is 2.04 bits per heavy atom. The summed E-state index contributed by atoms with van der Waals surface area (Å²) in [6, 6.07) is 8.01. The second kappa shape index (κ2) is 6.95. The standard InChI is InChI=1S/C18H24N4O.ClH/c1-12-6-4-5-7-16(12)22-13(2)15(10-20-22)17(23)21-18(3,11-19)14-8-9-14;/h4-7,10,14H,8-9,11,19H2,1-3H3,(H,21,23);1H. The predicted octanol–water partition coefficient (Wildman–Crippen LogP) is 2.77. The van der Waals surface area contributed by atoms with E-state index >= 15 is 0 Å². The van der Waals surface area contributed by atoms with Gasteiger partial charge in [-0.25, -0.2) is 4.68 Å². The maximum Gasteiger partial charge on any atom is 0.255 e. The maximum absolute atomic E-state index is 12.7. The van der Waals surface area contributed by atoms with E-state index in [1.165, 1.54) is 0 Å². The Bertz CT molecular complexity index is 738. The van der Waals surface area contributed by atoms with Crippen LogP contribution in [-0.2, 0) is 0 Å². The van der Waals surface area contributed by atoms with Crippen LogP contribution in [0.4, 0.5) is 0 Å². The molecule has 0 spiro atoms. The van der Waals surface area contributed by atoms with Gasteiger partial charge in [-0.15, -0.1) is 12.4 Å². The van der Waals surface area contributed by atoms with Gasteiger partial charge in [0.15, 0.2) is 0 Å². The third-order valence-corrected chi connectivity index (χ3v) is 4.90. The Kier molecular flexibility index (Phi) is 5.35. The highest BCUT2D eigenvalue weighted by Gasteiger charge is 2.42. The van der Waals surface area contributed by atoms with Gasteiger partial charge in [0.1, 0.15) is 0 Å². The number of carbonyl (C=O) groups is 1. The number of benzene rings is 1. The van der Waals surface area contributed by atoms with Gasteiger partial charge in [0.2, 0.25) is 0 Å². The molecule has 1 aliphatic carbocycles. The minimum Gasteiger partial charge on any atom is -0.345 e. The highest BCUT2D eigenvalue weighted by atomic mass is 35.5. The molecule has 2 aromatic rings. The molecule has 1 fully saturated rings. The number of nitrogens with zero attached hydrogens (tertiary/aromatic N) is 2. The third kappa shape index (κ3) is 3.32. The number of hydrogen-bond donors (Lipinski definition) is 2. The molecule has 0 bridgehead atoms. The van der Waals surface area contributed by atoms with Crippen LogP contribution in [0, 0.1) is 19.8 Å². The minimum atomic E-state index is -0.325. The zero-order valence-electron chi connectivity index (χ0n) is 14.4. The van der Waals surface area contributed by atoms with Gasteiger partial charge in [0, 0.05) is 6.54 Å². The van der Waals surface area contributed by atoms with Crippen molar-refractivity contribution in [2.45, 2.75) is 39.2 Å². The summed E-state index contributed by atoms with van der Waals surface area (Å²) in [7, 11) is 0. The van der Waals surface area contributed by atoms with Crippen LogP contribution < -0.4 is 11.1 Å². The Balaban J connectivity index is 0.00000208. The molecule has 0 saturated heterocycles. The summed E-state index contributed by atoms with van der Waals surface area (Å²) in [5.41, 5.74) is 9.13. The third-order valence-electron chi connectivity index (χ3n) is 4.90. The van der Waals surface area contributed by atoms with Crippen LogP contribution in [0.2, 0.25) is 0 Å². The van der Waals surface area contributed by atoms with E-state index in [1.807, 2.05) is 49.7 Å². The van der Waals surface area contributed by atoms with Crippen LogP contribution in [0.5, 0.6) is 0 Å². The second-order valence-corrected chi connectivity index (χ2v) is 6.69. The smallest absolute Gasteiger partial charge is 0.255 e. The van der Waals surface area contributed by atoms with Crippen LogP contribution in [0.1, 0.15) is 41.4 Å². The van der Waals surface area contributed by atoms with Crippen LogP contribution >= 0.6 is 12.4 Å². The van der Waals surface area contributed by atoms with Gasteiger partial charge in [0.25, 0.3) is 5.91 Å². The molecule has 3 N–H and O–H groups in total. The highest BCUT2D eigenvalue weighted by Crippen LogP contribution is 2.39. The Morgan fingerprint density at radius 1 is 1.38 bits per heavy atom. The fraction of sp³-hybridized carbons (Fsp3) is 0.444. The average molecular weight is 349 g/mol. The fourth-order valence-corrected chi connectivity index (χ4v) is 3.04. The van der Waals surface area contributed by atoms with Crippen LogP contribution in [0.3, 0.4) is 0 Å². The first kappa shape index (κ1) is 18.5. The lowest BCUT2D eigenvalue weighted by molar-refractivity contribution is 0.0897. The minimum absolute atomic E-state index is 0. The molecule has 3 rings (SSSR count). The second-order valence-electron chi connectivity index (χ2n) is 6.69. The number of hydrogen-bond acceptors (Lipinski definition) is 3. The number of aromatic nitrogens is 2. The van der Waals surface area contributed by atoms with E-state index < -0.39 is 0 Å². The van der Waals surface area contributed by atoms with Crippen molar-refractivity contribution in [2.75, 3.05) is 6.54 Å². The fourth-order valence-electron chi connectivity index (χ4n) is 3.04. The zero-order valence-corrected chi connectivity index (χ0v) is 15.2. The van der Waals surface area contributed by atoms with E-state index in [4.69, 9.17) is 5.73 Å². The van der Waals surface area contributed by atoms with Crippen LogP contribution in [0.25, 0.3) is 5.69 Å². The van der Waals surface area contributed by atoms with Crippen molar-refractivity contribution < 1.29 is 4.79 Å². The number of nitrogens with one attached hydrogen (secondary N) is 1. The topological polar surface area (TPSA) is 72.9 Å². The van der Waals surface area contributed by atoms with E-state index in [9.17, 15) is 4.79 Å². The largest absolute Gasteiger partial charge is 0.345 e. The number of rotatable bonds is 5. The summed E-state index contributed by atoms with van der Waals surface area (Å²) in [4.78, 5) is 12.7. The normalized spacial score (nSPS) is 16.2. The molecule has 6 heteroatoms. The van der Waals surface area contributed by atoms with E-state index in [1.54, 1.807) is 6.20 Å². The molecular formula is C18H25ClN4O. The molecule has 1 aromatic heterocycles. The molecule has 130 valence electrons. The van der Waals surface area contributed by atoms with Gasteiger partial charge in [-0.3, -0.25) is 4.79 Å². The SMILES string of the molecule is Cc1ccccc1-n1ncc(C(=O)NC(C)(CN)C2CC2)c1C.Cl. The summed E-state index contributed by atoms with van der Waals surface area (Å²) < 4.78 is 1.82. The van der Waals surface area contributed by atoms with Gasteiger partial charge >= 0.3 is 0 Å². The summed E-state index contributed by atoms with van der Waals surface area (Å²) in [5.74, 6) is 0.394. The maximum atomic E-state index is 12.7. The van der Waals surface area contributed by atoms with Crippen LogP contribution in [0.15, 0.2) is 30.5 Å². The van der Waals surface area contributed by atoms with Crippen molar-refractivity contribution in [3.05, 3.63) is 47.3 Å². The predicted molar refractivity (Wildman–Crippen MR) is 97.9 cm³/mol. The van der Waals surface area contributed by atoms with Gasteiger partial charge in [-0.1, -0.05) is 18.2 Å². The summed E-state index contributed by atoms with van der Waals surface area (Å²) >= 11 is 0. The van der Waals surface area contributed by atoms with Crippen molar-refractivity contribution in [3.8, 4) is 5.69 Å². The first-order valence-corrected chi connectivity index (χ1v) is 8.09. The number of amides is 1. The number of carbonyl (C=O) groups excluding carboxylic acids is 1. The molecule has 1 aromatic carbocycles. The van der Waals surface area contributed by atoms with E-state index in [0.717, 1.165) is 29.8 Å².